The maximum Gasteiger partial charge on any atom is 0.339 e. The lowest BCUT2D eigenvalue weighted by molar-refractivity contribution is -0.115. The van der Waals surface area contributed by atoms with Gasteiger partial charge in [0.1, 0.15) is 28.5 Å². The summed E-state index contributed by atoms with van der Waals surface area (Å²) >= 11 is 4.83. The van der Waals surface area contributed by atoms with E-state index in [1.807, 2.05) is 0 Å². The minimum Gasteiger partial charge on any atom is -0.507 e. The van der Waals surface area contributed by atoms with Gasteiger partial charge in [0.15, 0.2) is 5.11 Å². The Kier molecular flexibility index (Phi) is 3.59. The van der Waals surface area contributed by atoms with Crippen LogP contribution in [-0.2, 0) is 4.79 Å². The van der Waals surface area contributed by atoms with Gasteiger partial charge in [-0.1, -0.05) is 6.07 Å². The van der Waals surface area contributed by atoms with Crippen molar-refractivity contribution in [3.8, 4) is 17.1 Å². The minimum absolute atomic E-state index is 0.192. The average Bonchev–Trinajstić information content (AvgIpc) is 3.06. The standard InChI is InChI=1S/C15H10N2O5S/c18-11-5-7(1-3-9(11)14(20)21)12-4-2-8(22-12)6-10-13(19)17-15(23)16-10/h1-6,18H,(H,20,21)(H2,16,17,19,23)/b10-6-. The van der Waals surface area contributed by atoms with Gasteiger partial charge in [-0.25, -0.2) is 4.79 Å². The van der Waals surface area contributed by atoms with Gasteiger partial charge in [-0.15, -0.1) is 0 Å². The Morgan fingerprint density at radius 2 is 2.00 bits per heavy atom. The molecule has 1 saturated heterocycles. The van der Waals surface area contributed by atoms with Crippen LogP contribution in [0.5, 0.6) is 5.75 Å². The Morgan fingerprint density at radius 3 is 2.61 bits per heavy atom. The van der Waals surface area contributed by atoms with Crippen molar-refractivity contribution >= 4 is 35.3 Å². The van der Waals surface area contributed by atoms with Crippen molar-refractivity contribution in [1.82, 2.24) is 10.6 Å². The number of aromatic carboxylic acids is 1. The van der Waals surface area contributed by atoms with Gasteiger partial charge < -0.3 is 19.9 Å². The molecule has 1 fully saturated rings. The number of hydrogen-bond acceptors (Lipinski definition) is 5. The minimum atomic E-state index is -1.21. The van der Waals surface area contributed by atoms with E-state index in [2.05, 4.69) is 10.6 Å². The quantitative estimate of drug-likeness (QED) is 0.500. The second-order valence-electron chi connectivity index (χ2n) is 4.71. The summed E-state index contributed by atoms with van der Waals surface area (Å²) in [5.41, 5.74) is 0.583. The van der Waals surface area contributed by atoms with Crippen molar-refractivity contribution in [3.05, 3.63) is 47.4 Å². The Labute approximate surface area is 135 Å². The molecule has 116 valence electrons. The number of phenols is 1. The van der Waals surface area contributed by atoms with Gasteiger partial charge in [0.05, 0.1) is 0 Å². The topological polar surface area (TPSA) is 112 Å². The SMILES string of the molecule is O=C1NC(=S)N/C1=C\c1ccc(-c2ccc(C(=O)O)c(O)c2)o1. The van der Waals surface area contributed by atoms with Crippen LogP contribution in [0.15, 0.2) is 40.4 Å². The molecule has 2 aromatic rings. The van der Waals surface area contributed by atoms with Crippen molar-refractivity contribution in [2.75, 3.05) is 0 Å². The van der Waals surface area contributed by atoms with E-state index >= 15 is 0 Å². The number of nitrogens with one attached hydrogen (secondary N) is 2. The smallest absolute Gasteiger partial charge is 0.339 e. The molecule has 0 radical (unpaired) electrons. The van der Waals surface area contributed by atoms with E-state index in [9.17, 15) is 14.7 Å². The second kappa shape index (κ2) is 5.58. The molecule has 1 amide bonds. The number of aromatic hydroxyl groups is 1. The molecule has 4 N–H and O–H groups in total. The zero-order valence-corrected chi connectivity index (χ0v) is 12.3. The molecule has 23 heavy (non-hydrogen) atoms. The van der Waals surface area contributed by atoms with Gasteiger partial charge in [-0.3, -0.25) is 10.1 Å². The van der Waals surface area contributed by atoms with Gasteiger partial charge in [0, 0.05) is 11.6 Å². The van der Waals surface area contributed by atoms with Crippen LogP contribution in [0.3, 0.4) is 0 Å². The Morgan fingerprint density at radius 1 is 1.22 bits per heavy atom. The van der Waals surface area contributed by atoms with Crippen LogP contribution in [-0.4, -0.2) is 27.2 Å². The molecule has 7 nitrogen and oxygen atoms in total. The maximum absolute atomic E-state index is 11.6. The van der Waals surface area contributed by atoms with Crippen LogP contribution in [0.2, 0.25) is 0 Å². The highest BCUT2D eigenvalue weighted by Gasteiger charge is 2.20. The third kappa shape index (κ3) is 2.92. The molecule has 0 atom stereocenters. The van der Waals surface area contributed by atoms with E-state index in [1.165, 1.54) is 24.3 Å². The average molecular weight is 330 g/mol. The van der Waals surface area contributed by atoms with E-state index in [4.69, 9.17) is 21.7 Å². The zero-order chi connectivity index (χ0) is 16.6. The highest BCUT2D eigenvalue weighted by atomic mass is 32.1. The number of amides is 1. The molecule has 2 heterocycles. The van der Waals surface area contributed by atoms with Crippen LogP contribution in [0.4, 0.5) is 0 Å². The largest absolute Gasteiger partial charge is 0.507 e. The summed E-state index contributed by atoms with van der Waals surface area (Å²) in [4.78, 5) is 22.4. The van der Waals surface area contributed by atoms with E-state index in [0.29, 0.717) is 17.1 Å². The highest BCUT2D eigenvalue weighted by Crippen LogP contribution is 2.28. The fourth-order valence-electron chi connectivity index (χ4n) is 2.08. The van der Waals surface area contributed by atoms with E-state index < -0.39 is 5.97 Å². The molecular formula is C15H10N2O5S. The molecule has 0 aliphatic carbocycles. The third-order valence-corrected chi connectivity index (χ3v) is 3.35. The molecule has 0 saturated carbocycles. The zero-order valence-electron chi connectivity index (χ0n) is 11.5. The monoisotopic (exact) mass is 330 g/mol. The predicted octanol–water partition coefficient (Wildman–Crippen LogP) is 1.70. The van der Waals surface area contributed by atoms with Gasteiger partial charge in [0.25, 0.3) is 5.91 Å². The number of thiocarbonyl (C=S) groups is 1. The molecule has 3 rings (SSSR count). The highest BCUT2D eigenvalue weighted by molar-refractivity contribution is 7.80. The number of carboxylic acid groups (broad SMARTS) is 1. The van der Waals surface area contributed by atoms with Crippen LogP contribution < -0.4 is 10.6 Å². The third-order valence-electron chi connectivity index (χ3n) is 3.15. The van der Waals surface area contributed by atoms with E-state index in [-0.39, 0.29) is 28.0 Å². The van der Waals surface area contributed by atoms with Gasteiger partial charge in [-0.05, 0) is 36.5 Å². The summed E-state index contributed by atoms with van der Waals surface area (Å²) in [6.07, 6.45) is 1.49. The molecule has 0 unspecified atom stereocenters. The first-order valence-corrected chi connectivity index (χ1v) is 6.85. The van der Waals surface area contributed by atoms with Crippen molar-refractivity contribution in [3.63, 3.8) is 0 Å². The summed E-state index contributed by atoms with van der Waals surface area (Å²) in [5, 5.41) is 24.0. The summed E-state index contributed by atoms with van der Waals surface area (Å²) in [6.45, 7) is 0. The lowest BCUT2D eigenvalue weighted by Crippen LogP contribution is -2.21. The number of furan rings is 1. The van der Waals surface area contributed by atoms with Gasteiger partial charge >= 0.3 is 5.97 Å². The molecule has 1 aliphatic rings. The van der Waals surface area contributed by atoms with Crippen LogP contribution in [0.25, 0.3) is 17.4 Å². The van der Waals surface area contributed by atoms with Crippen LogP contribution in [0, 0.1) is 0 Å². The molecule has 0 spiro atoms. The summed E-state index contributed by atoms with van der Waals surface area (Å²) in [5.74, 6) is -1.09. The Hall–Kier alpha value is -3.13. The molecule has 1 aliphatic heterocycles. The molecule has 1 aromatic heterocycles. The lowest BCUT2D eigenvalue weighted by Gasteiger charge is -2.02. The fourth-order valence-corrected chi connectivity index (χ4v) is 2.28. The van der Waals surface area contributed by atoms with Gasteiger partial charge in [0.2, 0.25) is 0 Å². The van der Waals surface area contributed by atoms with Crippen molar-refractivity contribution in [2.24, 2.45) is 0 Å². The number of carbonyl (C=O) groups excluding carboxylic acids is 1. The van der Waals surface area contributed by atoms with Crippen molar-refractivity contribution in [1.29, 1.82) is 0 Å². The summed E-state index contributed by atoms with van der Waals surface area (Å²) in [7, 11) is 0. The normalized spacial score (nSPS) is 15.6. The van der Waals surface area contributed by atoms with Crippen LogP contribution >= 0.6 is 12.2 Å². The molecular weight excluding hydrogens is 320 g/mol. The summed E-state index contributed by atoms with van der Waals surface area (Å²) in [6, 6.07) is 7.40. The first-order chi connectivity index (χ1) is 10.9. The number of hydrogen-bond donors (Lipinski definition) is 4. The van der Waals surface area contributed by atoms with Crippen LogP contribution in [0.1, 0.15) is 16.1 Å². The first kappa shape index (κ1) is 14.8. The lowest BCUT2D eigenvalue weighted by atomic mass is 10.1. The number of carboxylic acids is 1. The Bertz CT molecular complexity index is 869. The summed E-state index contributed by atoms with van der Waals surface area (Å²) < 4.78 is 5.57. The second-order valence-corrected chi connectivity index (χ2v) is 5.11. The predicted molar refractivity (Wildman–Crippen MR) is 84.6 cm³/mol. The molecule has 8 heteroatoms. The molecule has 0 bridgehead atoms. The Balaban J connectivity index is 1.89. The van der Waals surface area contributed by atoms with Crippen molar-refractivity contribution in [2.45, 2.75) is 0 Å². The number of benzene rings is 1. The maximum atomic E-state index is 11.6. The number of carbonyl (C=O) groups is 2. The molecule has 1 aromatic carbocycles. The van der Waals surface area contributed by atoms with E-state index in [0.717, 1.165) is 0 Å². The van der Waals surface area contributed by atoms with Crippen molar-refractivity contribution < 1.29 is 24.2 Å². The van der Waals surface area contributed by atoms with Gasteiger partial charge in [-0.2, -0.15) is 0 Å². The van der Waals surface area contributed by atoms with E-state index in [1.54, 1.807) is 12.1 Å². The first-order valence-electron chi connectivity index (χ1n) is 6.44. The fraction of sp³-hybridized carbons (Fsp3) is 0. The number of rotatable bonds is 3.